The number of aryl methyl sites for hydroxylation is 2. The number of phenols is 1. The second kappa shape index (κ2) is 3.87. The molecule has 0 bridgehead atoms. The minimum Gasteiger partial charge on any atom is -0.507 e. The smallest absolute Gasteiger partial charge is 0.122 e. The van der Waals surface area contributed by atoms with Crippen LogP contribution in [0.25, 0.3) is 0 Å². The molecule has 14 heavy (non-hydrogen) atoms. The SMILES string of the molecule is C=C(C)Cc1c(C)c(C)cc(C)c1O. The second-order valence-corrected chi connectivity index (χ2v) is 4.10. The third kappa shape index (κ3) is 1.98. The first-order chi connectivity index (χ1) is 6.43. The minimum atomic E-state index is 0.427. The van der Waals surface area contributed by atoms with Crippen LogP contribution in [0.15, 0.2) is 18.2 Å². The van der Waals surface area contributed by atoms with E-state index in [2.05, 4.69) is 13.5 Å². The lowest BCUT2D eigenvalue weighted by Crippen LogP contribution is -1.96. The highest BCUT2D eigenvalue weighted by atomic mass is 16.3. The fraction of sp³-hybridized carbons (Fsp3) is 0.385. The second-order valence-electron chi connectivity index (χ2n) is 4.10. The Bertz CT molecular complexity index is 349. The van der Waals surface area contributed by atoms with E-state index in [9.17, 15) is 5.11 Å². The van der Waals surface area contributed by atoms with E-state index < -0.39 is 0 Å². The van der Waals surface area contributed by atoms with Crippen LogP contribution in [0.5, 0.6) is 5.75 Å². The van der Waals surface area contributed by atoms with Gasteiger partial charge in [-0.3, -0.25) is 0 Å². The first-order valence-corrected chi connectivity index (χ1v) is 4.86. The largest absolute Gasteiger partial charge is 0.507 e. The van der Waals surface area contributed by atoms with Crippen molar-refractivity contribution in [1.82, 2.24) is 0 Å². The van der Waals surface area contributed by atoms with Gasteiger partial charge >= 0.3 is 0 Å². The number of aromatic hydroxyl groups is 1. The molecule has 1 nitrogen and oxygen atoms in total. The van der Waals surface area contributed by atoms with Crippen LogP contribution in [0.4, 0.5) is 0 Å². The number of allylic oxidation sites excluding steroid dienone is 1. The summed E-state index contributed by atoms with van der Waals surface area (Å²) >= 11 is 0. The number of benzene rings is 1. The summed E-state index contributed by atoms with van der Waals surface area (Å²) < 4.78 is 0. The topological polar surface area (TPSA) is 20.2 Å². The molecule has 0 saturated heterocycles. The van der Waals surface area contributed by atoms with Crippen molar-refractivity contribution in [2.75, 3.05) is 0 Å². The van der Waals surface area contributed by atoms with Crippen LogP contribution in [0.2, 0.25) is 0 Å². The molecule has 0 aliphatic carbocycles. The highest BCUT2D eigenvalue weighted by Crippen LogP contribution is 2.29. The van der Waals surface area contributed by atoms with Crippen LogP contribution < -0.4 is 0 Å². The van der Waals surface area contributed by atoms with Gasteiger partial charge < -0.3 is 5.11 Å². The van der Waals surface area contributed by atoms with Gasteiger partial charge in [0.15, 0.2) is 0 Å². The molecule has 1 N–H and O–H groups in total. The van der Waals surface area contributed by atoms with E-state index in [0.717, 1.165) is 23.1 Å². The molecule has 0 spiro atoms. The van der Waals surface area contributed by atoms with Crippen molar-refractivity contribution in [3.63, 3.8) is 0 Å². The molecule has 0 aromatic heterocycles. The summed E-state index contributed by atoms with van der Waals surface area (Å²) in [7, 11) is 0. The van der Waals surface area contributed by atoms with Crippen molar-refractivity contribution in [2.45, 2.75) is 34.1 Å². The van der Waals surface area contributed by atoms with Crippen LogP contribution in [-0.4, -0.2) is 5.11 Å². The van der Waals surface area contributed by atoms with E-state index in [-0.39, 0.29) is 0 Å². The zero-order valence-corrected chi connectivity index (χ0v) is 9.44. The van der Waals surface area contributed by atoms with Crippen LogP contribution in [0.1, 0.15) is 29.2 Å². The Morgan fingerprint density at radius 2 is 1.86 bits per heavy atom. The van der Waals surface area contributed by atoms with Crippen molar-refractivity contribution < 1.29 is 5.11 Å². The highest BCUT2D eigenvalue weighted by molar-refractivity contribution is 5.49. The number of hydrogen-bond donors (Lipinski definition) is 1. The molecule has 1 aromatic carbocycles. The number of rotatable bonds is 2. The molecule has 0 saturated carbocycles. The molecular formula is C13H18O. The maximum absolute atomic E-state index is 9.91. The lowest BCUT2D eigenvalue weighted by molar-refractivity contribution is 0.464. The zero-order chi connectivity index (χ0) is 10.9. The van der Waals surface area contributed by atoms with Gasteiger partial charge in [0.05, 0.1) is 0 Å². The van der Waals surface area contributed by atoms with Gasteiger partial charge in [-0.15, -0.1) is 0 Å². The summed E-state index contributed by atoms with van der Waals surface area (Å²) in [5.41, 5.74) is 5.46. The van der Waals surface area contributed by atoms with E-state index in [1.165, 1.54) is 11.1 Å². The molecule has 0 heterocycles. The van der Waals surface area contributed by atoms with Gasteiger partial charge in [-0.25, -0.2) is 0 Å². The molecule has 1 rings (SSSR count). The van der Waals surface area contributed by atoms with Crippen LogP contribution in [-0.2, 0) is 6.42 Å². The summed E-state index contributed by atoms with van der Waals surface area (Å²) in [6.07, 6.45) is 0.764. The molecule has 1 heteroatoms. The fourth-order valence-corrected chi connectivity index (χ4v) is 1.67. The van der Waals surface area contributed by atoms with Crippen molar-refractivity contribution in [2.24, 2.45) is 0 Å². The van der Waals surface area contributed by atoms with Gasteiger partial charge in [-0.2, -0.15) is 0 Å². The van der Waals surface area contributed by atoms with Crippen molar-refractivity contribution in [3.05, 3.63) is 40.5 Å². The van der Waals surface area contributed by atoms with Gasteiger partial charge in [-0.1, -0.05) is 18.2 Å². The van der Waals surface area contributed by atoms with Crippen LogP contribution in [0, 0.1) is 20.8 Å². The van der Waals surface area contributed by atoms with E-state index in [1.54, 1.807) is 0 Å². The van der Waals surface area contributed by atoms with Gasteiger partial charge in [0.25, 0.3) is 0 Å². The summed E-state index contributed by atoms with van der Waals surface area (Å²) in [6.45, 7) is 11.9. The fourth-order valence-electron chi connectivity index (χ4n) is 1.67. The van der Waals surface area contributed by atoms with Crippen molar-refractivity contribution in [3.8, 4) is 5.75 Å². The molecule has 76 valence electrons. The average Bonchev–Trinajstić information content (AvgIpc) is 2.09. The third-order valence-corrected chi connectivity index (χ3v) is 2.62. The number of hydrogen-bond acceptors (Lipinski definition) is 1. The quantitative estimate of drug-likeness (QED) is 0.708. The first-order valence-electron chi connectivity index (χ1n) is 4.86. The highest BCUT2D eigenvalue weighted by Gasteiger charge is 2.10. The molecule has 0 aliphatic rings. The third-order valence-electron chi connectivity index (χ3n) is 2.62. The summed E-state index contributed by atoms with van der Waals surface area (Å²) in [5, 5.41) is 9.91. The number of phenolic OH excluding ortho intramolecular Hbond substituents is 1. The Balaban J connectivity index is 3.31. The normalized spacial score (nSPS) is 10.3. The Labute approximate surface area is 86.1 Å². The molecule has 0 amide bonds. The summed E-state index contributed by atoms with van der Waals surface area (Å²) in [6, 6.07) is 2.02. The Morgan fingerprint density at radius 3 is 2.36 bits per heavy atom. The monoisotopic (exact) mass is 190 g/mol. The van der Waals surface area contributed by atoms with Crippen LogP contribution in [0.3, 0.4) is 0 Å². The van der Waals surface area contributed by atoms with Gasteiger partial charge in [-0.05, 0) is 50.8 Å². The van der Waals surface area contributed by atoms with Crippen molar-refractivity contribution in [1.29, 1.82) is 0 Å². The van der Waals surface area contributed by atoms with Crippen molar-refractivity contribution >= 4 is 0 Å². The Hall–Kier alpha value is -1.24. The maximum Gasteiger partial charge on any atom is 0.122 e. The molecule has 1 aromatic rings. The predicted octanol–water partition coefficient (Wildman–Crippen LogP) is 3.44. The Kier molecular flexibility index (Phi) is 3.00. The molecule has 0 atom stereocenters. The van der Waals surface area contributed by atoms with Gasteiger partial charge in [0.2, 0.25) is 0 Å². The molecule has 0 radical (unpaired) electrons. The minimum absolute atomic E-state index is 0.427. The molecular weight excluding hydrogens is 172 g/mol. The van der Waals surface area contributed by atoms with Gasteiger partial charge in [0, 0.05) is 5.56 Å². The van der Waals surface area contributed by atoms with Crippen LogP contribution >= 0.6 is 0 Å². The Morgan fingerprint density at radius 1 is 1.29 bits per heavy atom. The summed E-state index contributed by atoms with van der Waals surface area (Å²) in [5.74, 6) is 0.427. The maximum atomic E-state index is 9.91. The summed E-state index contributed by atoms with van der Waals surface area (Å²) in [4.78, 5) is 0. The average molecular weight is 190 g/mol. The molecule has 0 aliphatic heterocycles. The lowest BCUT2D eigenvalue weighted by atomic mass is 9.94. The van der Waals surface area contributed by atoms with E-state index in [4.69, 9.17) is 0 Å². The standard InChI is InChI=1S/C13H18O/c1-8(2)6-12-11(5)9(3)7-10(4)13(12)14/h7,14H,1,6H2,2-5H3. The van der Waals surface area contributed by atoms with E-state index in [1.807, 2.05) is 26.8 Å². The van der Waals surface area contributed by atoms with Gasteiger partial charge in [0.1, 0.15) is 5.75 Å². The zero-order valence-electron chi connectivity index (χ0n) is 9.44. The lowest BCUT2D eigenvalue weighted by Gasteiger charge is -2.13. The molecule has 0 unspecified atom stereocenters. The van der Waals surface area contributed by atoms with E-state index >= 15 is 0 Å². The van der Waals surface area contributed by atoms with E-state index in [0.29, 0.717) is 5.75 Å². The predicted molar refractivity (Wildman–Crippen MR) is 60.8 cm³/mol. The molecule has 0 fully saturated rings. The first kappa shape index (κ1) is 10.8.